The third-order valence-corrected chi connectivity index (χ3v) is 2.00. The van der Waals surface area contributed by atoms with Crippen LogP contribution in [-0.2, 0) is 9.53 Å². The summed E-state index contributed by atoms with van der Waals surface area (Å²) >= 11 is 0. The highest BCUT2D eigenvalue weighted by Crippen LogP contribution is 2.12. The van der Waals surface area contributed by atoms with Crippen molar-refractivity contribution in [2.45, 2.75) is 13.0 Å². The Bertz CT molecular complexity index is 341. The predicted molar refractivity (Wildman–Crippen MR) is 54.8 cm³/mol. The van der Waals surface area contributed by atoms with Crippen molar-refractivity contribution in [1.29, 1.82) is 0 Å². The molecule has 0 aromatic heterocycles. The van der Waals surface area contributed by atoms with Crippen LogP contribution >= 0.6 is 0 Å². The number of methoxy groups -OCH3 is 1. The van der Waals surface area contributed by atoms with Crippen molar-refractivity contribution in [2.24, 2.45) is 0 Å². The molecular weight excluding hydrogens is 197 g/mol. The molecule has 1 N–H and O–H groups in total. The molecule has 0 saturated heterocycles. The van der Waals surface area contributed by atoms with E-state index >= 15 is 0 Å². The maximum absolute atomic E-state index is 12.9. The van der Waals surface area contributed by atoms with Gasteiger partial charge in [0.05, 0.1) is 6.04 Å². The Hall–Kier alpha value is -1.42. The maximum atomic E-state index is 12.9. The molecule has 0 aliphatic heterocycles. The van der Waals surface area contributed by atoms with Gasteiger partial charge in [-0.05, 0) is 24.6 Å². The molecule has 1 aromatic rings. The Morgan fingerprint density at radius 2 is 2.33 bits per heavy atom. The molecule has 0 saturated carbocycles. The van der Waals surface area contributed by atoms with Crippen LogP contribution in [0.3, 0.4) is 0 Å². The monoisotopic (exact) mass is 211 g/mol. The van der Waals surface area contributed by atoms with E-state index in [9.17, 15) is 9.18 Å². The highest BCUT2D eigenvalue weighted by molar-refractivity contribution is 5.77. The number of amides is 1. The highest BCUT2D eigenvalue weighted by Gasteiger charge is 2.09. The fourth-order valence-corrected chi connectivity index (χ4v) is 1.27. The van der Waals surface area contributed by atoms with Gasteiger partial charge in [0.15, 0.2) is 0 Å². The van der Waals surface area contributed by atoms with Gasteiger partial charge in [0.1, 0.15) is 12.4 Å². The van der Waals surface area contributed by atoms with E-state index in [0.29, 0.717) is 0 Å². The molecule has 1 atom stereocenters. The van der Waals surface area contributed by atoms with E-state index in [1.54, 1.807) is 19.1 Å². The third kappa shape index (κ3) is 3.67. The topological polar surface area (TPSA) is 38.3 Å². The predicted octanol–water partition coefficient (Wildman–Crippen LogP) is 1.65. The molecule has 0 aliphatic rings. The Kier molecular flexibility index (Phi) is 4.24. The van der Waals surface area contributed by atoms with Gasteiger partial charge in [-0.25, -0.2) is 4.39 Å². The number of benzene rings is 1. The first-order valence-electron chi connectivity index (χ1n) is 4.67. The average molecular weight is 211 g/mol. The van der Waals surface area contributed by atoms with Crippen LogP contribution in [0.15, 0.2) is 24.3 Å². The minimum absolute atomic E-state index is 0.0135. The molecule has 0 fully saturated rings. The summed E-state index contributed by atoms with van der Waals surface area (Å²) < 4.78 is 17.6. The smallest absolute Gasteiger partial charge is 0.246 e. The van der Waals surface area contributed by atoms with E-state index in [2.05, 4.69) is 10.1 Å². The van der Waals surface area contributed by atoms with Gasteiger partial charge in [0.2, 0.25) is 5.91 Å². The van der Waals surface area contributed by atoms with Crippen molar-refractivity contribution < 1.29 is 13.9 Å². The lowest BCUT2D eigenvalue weighted by molar-refractivity contribution is -0.125. The highest BCUT2D eigenvalue weighted by atomic mass is 19.1. The summed E-state index contributed by atoms with van der Waals surface area (Å²) in [6.45, 7) is 1.81. The number of ether oxygens (including phenoxy) is 1. The van der Waals surface area contributed by atoms with Gasteiger partial charge in [0, 0.05) is 7.11 Å². The summed E-state index contributed by atoms with van der Waals surface area (Å²) in [5.41, 5.74) is 0.736. The quantitative estimate of drug-likeness (QED) is 0.822. The first-order valence-corrected chi connectivity index (χ1v) is 4.67. The lowest BCUT2D eigenvalue weighted by Crippen LogP contribution is -2.29. The van der Waals surface area contributed by atoms with Gasteiger partial charge in [-0.1, -0.05) is 12.1 Å². The summed E-state index contributed by atoms with van der Waals surface area (Å²) in [6, 6.07) is 5.93. The van der Waals surface area contributed by atoms with Gasteiger partial charge in [-0.15, -0.1) is 0 Å². The van der Waals surface area contributed by atoms with Crippen molar-refractivity contribution in [2.75, 3.05) is 13.7 Å². The van der Waals surface area contributed by atoms with Gasteiger partial charge < -0.3 is 10.1 Å². The molecule has 0 unspecified atom stereocenters. The number of carbonyl (C=O) groups is 1. The molecule has 0 radical (unpaired) electrons. The first kappa shape index (κ1) is 11.7. The number of halogens is 1. The molecule has 1 rings (SSSR count). The van der Waals surface area contributed by atoms with Crippen LogP contribution in [0.4, 0.5) is 4.39 Å². The van der Waals surface area contributed by atoms with E-state index in [4.69, 9.17) is 0 Å². The van der Waals surface area contributed by atoms with Crippen molar-refractivity contribution in [3.63, 3.8) is 0 Å². The van der Waals surface area contributed by atoms with Crippen LogP contribution in [0, 0.1) is 5.82 Å². The van der Waals surface area contributed by atoms with Crippen molar-refractivity contribution in [3.8, 4) is 0 Å². The molecule has 1 amide bonds. The molecule has 3 nitrogen and oxygen atoms in total. The van der Waals surface area contributed by atoms with Crippen LogP contribution in [0.2, 0.25) is 0 Å². The summed E-state index contributed by atoms with van der Waals surface area (Å²) in [7, 11) is 1.45. The lowest BCUT2D eigenvalue weighted by atomic mass is 10.1. The first-order chi connectivity index (χ1) is 7.13. The molecule has 15 heavy (non-hydrogen) atoms. The molecule has 82 valence electrons. The van der Waals surface area contributed by atoms with Crippen LogP contribution in [-0.4, -0.2) is 19.6 Å². The second-order valence-corrected chi connectivity index (χ2v) is 3.28. The summed E-state index contributed by atoms with van der Waals surface area (Å²) in [6.07, 6.45) is 0. The zero-order valence-electron chi connectivity index (χ0n) is 8.79. The third-order valence-electron chi connectivity index (χ3n) is 2.00. The van der Waals surface area contributed by atoms with Crippen LogP contribution < -0.4 is 5.32 Å². The van der Waals surface area contributed by atoms with E-state index in [1.807, 2.05) is 0 Å². The Labute approximate surface area is 88.2 Å². The number of nitrogens with one attached hydrogen (secondary N) is 1. The van der Waals surface area contributed by atoms with E-state index in [0.717, 1.165) is 5.56 Å². The maximum Gasteiger partial charge on any atom is 0.246 e. The van der Waals surface area contributed by atoms with Crippen LogP contribution in [0.1, 0.15) is 18.5 Å². The van der Waals surface area contributed by atoms with Gasteiger partial charge in [0.25, 0.3) is 0 Å². The average Bonchev–Trinajstić information content (AvgIpc) is 2.18. The fourth-order valence-electron chi connectivity index (χ4n) is 1.27. The van der Waals surface area contributed by atoms with E-state index in [-0.39, 0.29) is 24.4 Å². The van der Waals surface area contributed by atoms with Crippen molar-refractivity contribution >= 4 is 5.91 Å². The standard InChI is InChI=1S/C11H14FNO2/c1-8(13-11(14)7-15-2)9-4-3-5-10(12)6-9/h3-6,8H,7H2,1-2H3,(H,13,14)/t8-/m0/s1. The van der Waals surface area contributed by atoms with Crippen LogP contribution in [0.25, 0.3) is 0 Å². The van der Waals surface area contributed by atoms with Gasteiger partial charge >= 0.3 is 0 Å². The largest absolute Gasteiger partial charge is 0.375 e. The molecule has 4 heteroatoms. The Morgan fingerprint density at radius 3 is 2.93 bits per heavy atom. The molecular formula is C11H14FNO2. The molecule has 0 bridgehead atoms. The van der Waals surface area contributed by atoms with E-state index in [1.165, 1.54) is 19.2 Å². The molecule has 1 aromatic carbocycles. The fraction of sp³-hybridized carbons (Fsp3) is 0.364. The minimum atomic E-state index is -0.305. The normalized spacial score (nSPS) is 12.2. The Morgan fingerprint density at radius 1 is 1.60 bits per heavy atom. The molecule has 0 aliphatic carbocycles. The SMILES string of the molecule is COCC(=O)N[C@@H](C)c1cccc(F)c1. The second-order valence-electron chi connectivity index (χ2n) is 3.28. The number of carbonyl (C=O) groups excluding carboxylic acids is 1. The zero-order valence-corrected chi connectivity index (χ0v) is 8.79. The van der Waals surface area contributed by atoms with Gasteiger partial charge in [-0.2, -0.15) is 0 Å². The Balaban J connectivity index is 2.60. The number of hydrogen-bond acceptors (Lipinski definition) is 2. The zero-order chi connectivity index (χ0) is 11.3. The van der Waals surface area contributed by atoms with E-state index < -0.39 is 0 Å². The summed E-state index contributed by atoms with van der Waals surface area (Å²) in [5.74, 6) is -0.519. The summed E-state index contributed by atoms with van der Waals surface area (Å²) in [5, 5.41) is 2.69. The van der Waals surface area contributed by atoms with Gasteiger partial charge in [-0.3, -0.25) is 4.79 Å². The molecule has 0 heterocycles. The minimum Gasteiger partial charge on any atom is -0.375 e. The van der Waals surface area contributed by atoms with Crippen molar-refractivity contribution in [1.82, 2.24) is 5.32 Å². The molecule has 0 spiro atoms. The van der Waals surface area contributed by atoms with Crippen molar-refractivity contribution in [3.05, 3.63) is 35.6 Å². The lowest BCUT2D eigenvalue weighted by Gasteiger charge is -2.13. The number of rotatable bonds is 4. The summed E-state index contributed by atoms with van der Waals surface area (Å²) in [4.78, 5) is 11.2. The second kappa shape index (κ2) is 5.46. The number of hydrogen-bond donors (Lipinski definition) is 1. The van der Waals surface area contributed by atoms with Crippen LogP contribution in [0.5, 0.6) is 0 Å².